The summed E-state index contributed by atoms with van der Waals surface area (Å²) >= 11 is 6.43. The minimum absolute atomic E-state index is 0.0198. The first kappa shape index (κ1) is 23.9. The van der Waals surface area contributed by atoms with Crippen LogP contribution in [0.4, 0.5) is 5.82 Å². The van der Waals surface area contributed by atoms with E-state index in [0.717, 1.165) is 54.1 Å². The van der Waals surface area contributed by atoms with Gasteiger partial charge in [0.2, 0.25) is 0 Å². The Kier molecular flexibility index (Phi) is 6.64. The molecule has 1 fully saturated rings. The van der Waals surface area contributed by atoms with Gasteiger partial charge in [0.15, 0.2) is 0 Å². The maximum Gasteiger partial charge on any atom is 0.260 e. The molecule has 7 nitrogen and oxygen atoms in total. The van der Waals surface area contributed by atoms with Gasteiger partial charge in [0.25, 0.3) is 5.91 Å². The predicted molar refractivity (Wildman–Crippen MR) is 138 cm³/mol. The van der Waals surface area contributed by atoms with Crippen molar-refractivity contribution in [2.45, 2.75) is 52.6 Å². The van der Waals surface area contributed by atoms with Crippen LogP contribution in [-0.4, -0.2) is 43.6 Å². The highest BCUT2D eigenvalue weighted by atomic mass is 35.5. The maximum absolute atomic E-state index is 13.4. The Morgan fingerprint density at radius 1 is 1.14 bits per heavy atom. The lowest BCUT2D eigenvalue weighted by Crippen LogP contribution is -2.38. The van der Waals surface area contributed by atoms with Crippen molar-refractivity contribution in [3.8, 4) is 0 Å². The van der Waals surface area contributed by atoms with Crippen LogP contribution in [0.3, 0.4) is 0 Å². The molecule has 35 heavy (non-hydrogen) atoms. The Labute approximate surface area is 212 Å². The largest absolute Gasteiger partial charge is 0.321 e. The Bertz CT molecular complexity index is 1230. The second-order valence-electron chi connectivity index (χ2n) is 10.6. The molecule has 2 aliphatic rings. The van der Waals surface area contributed by atoms with E-state index in [1.54, 1.807) is 11.2 Å². The molecule has 3 aromatic rings. The smallest absolute Gasteiger partial charge is 0.260 e. The number of carbonyl (C=O) groups is 1. The molecule has 0 N–H and O–H groups in total. The third kappa shape index (κ3) is 5.11. The molecule has 0 aliphatic carbocycles. The Morgan fingerprint density at radius 3 is 2.63 bits per heavy atom. The van der Waals surface area contributed by atoms with Crippen molar-refractivity contribution in [1.29, 1.82) is 0 Å². The molecule has 0 bridgehead atoms. The number of pyridine rings is 1. The van der Waals surface area contributed by atoms with Gasteiger partial charge in [-0.3, -0.25) is 14.6 Å². The Morgan fingerprint density at radius 2 is 1.91 bits per heavy atom. The topological polar surface area (TPSA) is 67.2 Å². The van der Waals surface area contributed by atoms with Gasteiger partial charge in [0.05, 0.1) is 6.54 Å². The summed E-state index contributed by atoms with van der Waals surface area (Å²) in [5.74, 6) is 3.13. The number of piperidine rings is 1. The minimum Gasteiger partial charge on any atom is -0.321 e. The number of hydrogen-bond acceptors (Lipinski definition) is 5. The number of hydrogen-bond donors (Lipinski definition) is 0. The molecule has 2 aliphatic heterocycles. The molecule has 4 heterocycles. The molecular weight excluding hydrogens is 460 g/mol. The van der Waals surface area contributed by atoms with E-state index in [1.165, 1.54) is 6.42 Å². The lowest BCUT2D eigenvalue weighted by molar-refractivity contribution is 0.0996. The molecule has 2 aromatic heterocycles. The van der Waals surface area contributed by atoms with E-state index in [1.807, 2.05) is 29.8 Å². The fourth-order valence-electron chi connectivity index (χ4n) is 5.64. The van der Waals surface area contributed by atoms with Crippen LogP contribution in [0, 0.1) is 11.8 Å². The summed E-state index contributed by atoms with van der Waals surface area (Å²) in [5, 5.41) is 8.60. The molecule has 184 valence electrons. The van der Waals surface area contributed by atoms with Crippen LogP contribution in [0.1, 0.15) is 66.0 Å². The standard InChI is InChI=1S/C27H33ClN6O/c1-17-7-18(2)13-33(12-17)14-20-9-24(28)30-25(10-20)34-15-22-6-5-21(11-23(22)27(34)35)19(3)8-26-31-29-16-32(26)4/h5-6,9-11,16-19H,7-8,12-15H2,1-4H3/t17-,18+,19?. The quantitative estimate of drug-likeness (QED) is 0.460. The van der Waals surface area contributed by atoms with Crippen LogP contribution in [0.25, 0.3) is 0 Å². The third-order valence-electron chi connectivity index (χ3n) is 7.27. The molecule has 1 aromatic carbocycles. The summed E-state index contributed by atoms with van der Waals surface area (Å²) < 4.78 is 1.93. The zero-order valence-electron chi connectivity index (χ0n) is 20.9. The number of anilines is 1. The summed E-state index contributed by atoms with van der Waals surface area (Å²) in [6, 6.07) is 10.2. The summed E-state index contributed by atoms with van der Waals surface area (Å²) in [4.78, 5) is 22.2. The molecule has 8 heteroatoms. The first-order valence-corrected chi connectivity index (χ1v) is 12.8. The van der Waals surface area contributed by atoms with E-state index in [0.29, 0.717) is 29.4 Å². The van der Waals surface area contributed by atoms with E-state index in [-0.39, 0.29) is 11.8 Å². The van der Waals surface area contributed by atoms with Crippen LogP contribution >= 0.6 is 11.6 Å². The molecule has 0 spiro atoms. The number of carbonyl (C=O) groups excluding carboxylic acids is 1. The maximum atomic E-state index is 13.4. The van der Waals surface area contributed by atoms with Gasteiger partial charge in [-0.1, -0.05) is 44.5 Å². The Hall–Kier alpha value is -2.77. The van der Waals surface area contributed by atoms with Crippen LogP contribution in [0.2, 0.25) is 5.15 Å². The highest BCUT2D eigenvalue weighted by Crippen LogP contribution is 2.32. The van der Waals surface area contributed by atoms with E-state index in [9.17, 15) is 4.79 Å². The van der Waals surface area contributed by atoms with Gasteiger partial charge in [-0.15, -0.1) is 10.2 Å². The molecule has 1 unspecified atom stereocenters. The predicted octanol–water partition coefficient (Wildman–Crippen LogP) is 4.85. The summed E-state index contributed by atoms with van der Waals surface area (Å²) in [6.45, 7) is 10.3. The highest BCUT2D eigenvalue weighted by molar-refractivity contribution is 6.29. The van der Waals surface area contributed by atoms with Gasteiger partial charge < -0.3 is 4.57 Å². The number of benzene rings is 1. The average Bonchev–Trinajstić information content (AvgIpc) is 3.35. The van der Waals surface area contributed by atoms with Gasteiger partial charge in [-0.05, 0) is 59.1 Å². The van der Waals surface area contributed by atoms with Gasteiger partial charge in [-0.2, -0.15) is 0 Å². The Balaban J connectivity index is 1.34. The number of amides is 1. The summed E-state index contributed by atoms with van der Waals surface area (Å²) in [6.07, 6.45) is 3.75. The van der Waals surface area contributed by atoms with Crippen LogP contribution in [0.15, 0.2) is 36.7 Å². The van der Waals surface area contributed by atoms with Crippen molar-refractivity contribution >= 4 is 23.3 Å². The van der Waals surface area contributed by atoms with Crippen molar-refractivity contribution in [2.75, 3.05) is 18.0 Å². The second kappa shape index (κ2) is 9.70. The van der Waals surface area contributed by atoms with Gasteiger partial charge in [-0.25, -0.2) is 4.98 Å². The minimum atomic E-state index is -0.0198. The molecule has 0 saturated carbocycles. The van der Waals surface area contributed by atoms with Crippen LogP contribution < -0.4 is 4.90 Å². The number of rotatable bonds is 6. The van der Waals surface area contributed by atoms with E-state index in [2.05, 4.69) is 53.0 Å². The zero-order valence-corrected chi connectivity index (χ0v) is 21.7. The van der Waals surface area contributed by atoms with Crippen LogP contribution in [-0.2, 0) is 26.6 Å². The first-order valence-electron chi connectivity index (χ1n) is 12.4. The second-order valence-corrected chi connectivity index (χ2v) is 11.0. The van der Waals surface area contributed by atoms with Crippen LogP contribution in [0.5, 0.6) is 0 Å². The fraction of sp³-hybridized carbons (Fsp3) is 0.481. The van der Waals surface area contributed by atoms with Crippen molar-refractivity contribution < 1.29 is 4.79 Å². The van der Waals surface area contributed by atoms with Crippen molar-refractivity contribution in [3.05, 3.63) is 69.9 Å². The number of nitrogens with zero attached hydrogens (tertiary/aromatic N) is 6. The average molecular weight is 493 g/mol. The van der Waals surface area contributed by atoms with Gasteiger partial charge >= 0.3 is 0 Å². The third-order valence-corrected chi connectivity index (χ3v) is 7.46. The normalized spacial score (nSPS) is 21.4. The van der Waals surface area contributed by atoms with Crippen molar-refractivity contribution in [1.82, 2.24) is 24.6 Å². The van der Waals surface area contributed by atoms with Gasteiger partial charge in [0, 0.05) is 38.7 Å². The zero-order chi connectivity index (χ0) is 24.7. The van der Waals surface area contributed by atoms with Crippen molar-refractivity contribution in [3.63, 3.8) is 0 Å². The molecule has 5 rings (SSSR count). The summed E-state index contributed by atoms with van der Waals surface area (Å²) in [7, 11) is 1.95. The number of fused-ring (bicyclic) bond motifs is 1. The molecule has 1 amide bonds. The molecule has 3 atom stereocenters. The lowest BCUT2D eigenvalue weighted by Gasteiger charge is -2.35. The number of likely N-dealkylation sites (tertiary alicyclic amines) is 1. The SMILES string of the molecule is CC(Cc1nncn1C)c1ccc2c(c1)C(=O)N(c1cc(CN3C[C@H](C)C[C@H](C)C3)cc(Cl)n1)C2. The van der Waals surface area contributed by atoms with Crippen molar-refractivity contribution in [2.24, 2.45) is 18.9 Å². The van der Waals surface area contributed by atoms with E-state index in [4.69, 9.17) is 11.6 Å². The highest BCUT2D eigenvalue weighted by Gasteiger charge is 2.31. The fourth-order valence-corrected chi connectivity index (χ4v) is 5.86. The number of aromatic nitrogens is 4. The number of halogens is 1. The molecule has 1 saturated heterocycles. The summed E-state index contributed by atoms with van der Waals surface area (Å²) in [5.41, 5.74) is 3.99. The van der Waals surface area contributed by atoms with E-state index >= 15 is 0 Å². The molecular formula is C27H33ClN6O. The molecule has 0 radical (unpaired) electrons. The lowest BCUT2D eigenvalue weighted by atomic mass is 9.91. The van der Waals surface area contributed by atoms with Gasteiger partial charge in [0.1, 0.15) is 23.1 Å². The number of aryl methyl sites for hydroxylation is 1. The van der Waals surface area contributed by atoms with E-state index < -0.39 is 0 Å². The monoisotopic (exact) mass is 492 g/mol. The first-order chi connectivity index (χ1) is 16.8.